The number of rotatable bonds is 7. The average molecular weight is 291 g/mol. The number of methoxy groups -OCH3 is 1. The number of esters is 1. The normalized spacial score (nSPS) is 10.0. The van der Waals surface area contributed by atoms with Crippen molar-refractivity contribution in [2.75, 3.05) is 32.3 Å². The largest absolute Gasteiger partial charge is 0.462 e. The highest BCUT2D eigenvalue weighted by atomic mass is 16.5. The van der Waals surface area contributed by atoms with Crippen LogP contribution in [0.15, 0.2) is 30.9 Å². The lowest BCUT2D eigenvalue weighted by atomic mass is 10.1. The molecule has 1 aromatic carbocycles. The third-order valence-electron chi connectivity index (χ3n) is 2.94. The van der Waals surface area contributed by atoms with E-state index in [4.69, 9.17) is 9.47 Å². The first-order chi connectivity index (χ1) is 10.0. The number of amides is 1. The summed E-state index contributed by atoms with van der Waals surface area (Å²) in [6.07, 6.45) is 2.39. The predicted molar refractivity (Wildman–Crippen MR) is 81.6 cm³/mol. The number of ether oxygens (including phenoxy) is 2. The molecule has 0 radical (unpaired) electrons. The van der Waals surface area contributed by atoms with E-state index in [0.29, 0.717) is 17.7 Å². The summed E-state index contributed by atoms with van der Waals surface area (Å²) in [4.78, 5) is 25.4. The summed E-state index contributed by atoms with van der Waals surface area (Å²) >= 11 is 0. The van der Waals surface area contributed by atoms with Gasteiger partial charge < -0.3 is 14.4 Å². The number of carbonyl (C=O) groups is 2. The summed E-state index contributed by atoms with van der Waals surface area (Å²) in [5, 5.41) is 0. The minimum absolute atomic E-state index is 0.0484. The molecule has 0 spiro atoms. The van der Waals surface area contributed by atoms with Gasteiger partial charge in [0.15, 0.2) is 0 Å². The maximum Gasteiger partial charge on any atom is 0.340 e. The van der Waals surface area contributed by atoms with Crippen molar-refractivity contribution in [3.05, 3.63) is 42.0 Å². The van der Waals surface area contributed by atoms with Crippen molar-refractivity contribution < 1.29 is 19.1 Å². The Kier molecular flexibility index (Phi) is 6.62. The van der Waals surface area contributed by atoms with Crippen LogP contribution in [-0.2, 0) is 20.7 Å². The van der Waals surface area contributed by atoms with Crippen LogP contribution in [0, 0.1) is 0 Å². The zero-order chi connectivity index (χ0) is 15.8. The van der Waals surface area contributed by atoms with Crippen LogP contribution in [0.5, 0.6) is 0 Å². The summed E-state index contributed by atoms with van der Waals surface area (Å²) in [5.74, 6) is -0.685. The molecule has 0 aliphatic carbocycles. The highest BCUT2D eigenvalue weighted by Crippen LogP contribution is 2.23. The number of benzene rings is 1. The van der Waals surface area contributed by atoms with Gasteiger partial charge in [-0.1, -0.05) is 12.1 Å². The molecule has 1 amide bonds. The Morgan fingerprint density at radius 1 is 1.38 bits per heavy atom. The van der Waals surface area contributed by atoms with Crippen molar-refractivity contribution in [3.8, 4) is 0 Å². The summed E-state index contributed by atoms with van der Waals surface area (Å²) in [6, 6.07) is 5.32. The standard InChI is InChI=1S/C16H21NO4/c1-5-7-12-8-9-14(17(3)15(18)11-20-4)13(10-12)16(19)21-6-2/h5,8-10H,1,6-7,11H2,2-4H3. The number of allylic oxidation sites excluding steroid dienone is 1. The van der Waals surface area contributed by atoms with Gasteiger partial charge >= 0.3 is 5.97 Å². The Hall–Kier alpha value is -2.14. The number of nitrogens with zero attached hydrogens (tertiary/aromatic N) is 1. The molecule has 0 atom stereocenters. The number of hydrogen-bond acceptors (Lipinski definition) is 4. The van der Waals surface area contributed by atoms with Crippen LogP contribution in [0.3, 0.4) is 0 Å². The molecule has 0 unspecified atom stereocenters. The van der Waals surface area contributed by atoms with E-state index in [1.54, 1.807) is 32.2 Å². The maximum absolute atomic E-state index is 12.1. The lowest BCUT2D eigenvalue weighted by Crippen LogP contribution is -2.31. The van der Waals surface area contributed by atoms with Crippen LogP contribution in [0.4, 0.5) is 5.69 Å². The van der Waals surface area contributed by atoms with Gasteiger partial charge in [-0.3, -0.25) is 4.79 Å². The van der Waals surface area contributed by atoms with Gasteiger partial charge in [-0.25, -0.2) is 4.79 Å². The quantitative estimate of drug-likeness (QED) is 0.571. The van der Waals surface area contributed by atoms with Crippen molar-refractivity contribution in [1.29, 1.82) is 0 Å². The van der Waals surface area contributed by atoms with E-state index in [-0.39, 0.29) is 19.1 Å². The van der Waals surface area contributed by atoms with E-state index < -0.39 is 5.97 Å². The lowest BCUT2D eigenvalue weighted by molar-refractivity contribution is -0.121. The Balaban J connectivity index is 3.19. The number of anilines is 1. The van der Waals surface area contributed by atoms with E-state index in [1.165, 1.54) is 12.0 Å². The van der Waals surface area contributed by atoms with Crippen molar-refractivity contribution >= 4 is 17.6 Å². The summed E-state index contributed by atoms with van der Waals surface area (Å²) in [6.45, 7) is 5.65. The Labute approximate surface area is 125 Å². The molecular formula is C16H21NO4. The molecule has 5 heteroatoms. The summed E-state index contributed by atoms with van der Waals surface area (Å²) in [7, 11) is 3.05. The van der Waals surface area contributed by atoms with Crippen LogP contribution < -0.4 is 4.90 Å². The van der Waals surface area contributed by atoms with Gasteiger partial charge in [-0.15, -0.1) is 6.58 Å². The van der Waals surface area contributed by atoms with Crippen LogP contribution in [0.2, 0.25) is 0 Å². The van der Waals surface area contributed by atoms with Crippen LogP contribution >= 0.6 is 0 Å². The van der Waals surface area contributed by atoms with E-state index in [9.17, 15) is 9.59 Å². The third kappa shape index (κ3) is 4.43. The highest BCUT2D eigenvalue weighted by Gasteiger charge is 2.19. The van der Waals surface area contributed by atoms with Crippen molar-refractivity contribution in [1.82, 2.24) is 0 Å². The molecule has 0 N–H and O–H groups in total. The molecule has 0 aliphatic heterocycles. The fourth-order valence-corrected chi connectivity index (χ4v) is 1.90. The molecule has 0 saturated carbocycles. The molecule has 114 valence electrons. The second kappa shape index (κ2) is 8.21. The topological polar surface area (TPSA) is 55.8 Å². The van der Waals surface area contributed by atoms with E-state index in [2.05, 4.69) is 6.58 Å². The molecule has 0 aliphatic rings. The van der Waals surface area contributed by atoms with Gasteiger partial charge in [-0.2, -0.15) is 0 Å². The number of hydrogen-bond donors (Lipinski definition) is 0. The monoisotopic (exact) mass is 291 g/mol. The van der Waals surface area contributed by atoms with E-state index in [0.717, 1.165) is 5.56 Å². The molecule has 0 fully saturated rings. The van der Waals surface area contributed by atoms with Gasteiger partial charge in [0.1, 0.15) is 6.61 Å². The Morgan fingerprint density at radius 2 is 2.10 bits per heavy atom. The van der Waals surface area contributed by atoms with Gasteiger partial charge in [0, 0.05) is 14.2 Å². The lowest BCUT2D eigenvalue weighted by Gasteiger charge is -2.20. The van der Waals surface area contributed by atoms with Gasteiger partial charge in [0.25, 0.3) is 5.91 Å². The van der Waals surface area contributed by atoms with Gasteiger partial charge in [0.05, 0.1) is 17.9 Å². The third-order valence-corrected chi connectivity index (χ3v) is 2.94. The van der Waals surface area contributed by atoms with Crippen molar-refractivity contribution in [2.45, 2.75) is 13.3 Å². The fraction of sp³-hybridized carbons (Fsp3) is 0.375. The van der Waals surface area contributed by atoms with Crippen molar-refractivity contribution in [2.24, 2.45) is 0 Å². The van der Waals surface area contributed by atoms with Crippen LogP contribution in [0.25, 0.3) is 0 Å². The predicted octanol–water partition coefficient (Wildman–Crippen LogP) is 2.20. The molecule has 1 aromatic rings. The summed E-state index contributed by atoms with van der Waals surface area (Å²) < 4.78 is 9.89. The minimum atomic E-state index is -0.449. The molecular weight excluding hydrogens is 270 g/mol. The maximum atomic E-state index is 12.1. The number of likely N-dealkylation sites (N-methyl/N-ethyl adjacent to an activating group) is 1. The second-order valence-corrected chi connectivity index (χ2v) is 4.45. The molecule has 0 saturated heterocycles. The molecule has 0 heterocycles. The molecule has 21 heavy (non-hydrogen) atoms. The first kappa shape index (κ1) is 16.9. The molecule has 0 bridgehead atoms. The zero-order valence-corrected chi connectivity index (χ0v) is 12.7. The molecule has 1 rings (SSSR count). The zero-order valence-electron chi connectivity index (χ0n) is 12.7. The first-order valence-corrected chi connectivity index (χ1v) is 6.71. The van der Waals surface area contributed by atoms with Gasteiger partial charge in [-0.05, 0) is 31.0 Å². The van der Waals surface area contributed by atoms with Crippen molar-refractivity contribution in [3.63, 3.8) is 0 Å². The van der Waals surface area contributed by atoms with Crippen LogP contribution in [0.1, 0.15) is 22.8 Å². The minimum Gasteiger partial charge on any atom is -0.462 e. The van der Waals surface area contributed by atoms with E-state index in [1.807, 2.05) is 6.07 Å². The van der Waals surface area contributed by atoms with E-state index >= 15 is 0 Å². The Morgan fingerprint density at radius 3 is 2.67 bits per heavy atom. The molecule has 0 aromatic heterocycles. The first-order valence-electron chi connectivity index (χ1n) is 6.71. The highest BCUT2D eigenvalue weighted by molar-refractivity contribution is 6.02. The molecule has 5 nitrogen and oxygen atoms in total. The van der Waals surface area contributed by atoms with Gasteiger partial charge in [0.2, 0.25) is 0 Å². The second-order valence-electron chi connectivity index (χ2n) is 4.45. The van der Waals surface area contributed by atoms with Crippen LogP contribution in [-0.4, -0.2) is 39.2 Å². The smallest absolute Gasteiger partial charge is 0.340 e. The number of carbonyl (C=O) groups excluding carboxylic acids is 2. The summed E-state index contributed by atoms with van der Waals surface area (Å²) in [5.41, 5.74) is 1.80. The average Bonchev–Trinajstić information content (AvgIpc) is 2.47. The SMILES string of the molecule is C=CCc1ccc(N(C)C(=O)COC)c(C(=O)OCC)c1. The Bertz CT molecular complexity index is 525. The fourth-order valence-electron chi connectivity index (χ4n) is 1.90.